The number of aliphatic hydroxyl groups excluding tert-OH is 1. The zero-order valence-corrected chi connectivity index (χ0v) is 17.1. The van der Waals surface area contributed by atoms with Crippen molar-refractivity contribution in [3.05, 3.63) is 53.6 Å². The van der Waals surface area contributed by atoms with Crippen molar-refractivity contribution < 1.29 is 14.6 Å². The van der Waals surface area contributed by atoms with Crippen molar-refractivity contribution in [3.63, 3.8) is 0 Å². The van der Waals surface area contributed by atoms with Gasteiger partial charge in [0.15, 0.2) is 0 Å². The van der Waals surface area contributed by atoms with Gasteiger partial charge in [0.25, 0.3) is 0 Å². The molecule has 0 bridgehead atoms. The Labute approximate surface area is 166 Å². The number of hydrogen-bond acceptors (Lipinski definition) is 5. The van der Waals surface area contributed by atoms with Crippen LogP contribution in [0.4, 0.5) is 0 Å². The Morgan fingerprint density at radius 2 is 1.89 bits per heavy atom. The standard InChI is InChI=1S/C22H29NO3S/c1-25-18-10-5-15(6-11-18)4-8-17-9-12-19(23-17)22(24)16-7-13-20(26-2)21(14-16)27-3/h5-7,10-11,13-14,17,19,22-24H,4,8-9,12H2,1-3H3. The summed E-state index contributed by atoms with van der Waals surface area (Å²) in [6.45, 7) is 0. The highest BCUT2D eigenvalue weighted by Gasteiger charge is 2.30. The summed E-state index contributed by atoms with van der Waals surface area (Å²) in [5.74, 6) is 1.75. The molecule has 1 saturated heterocycles. The van der Waals surface area contributed by atoms with Crippen molar-refractivity contribution in [1.29, 1.82) is 0 Å². The van der Waals surface area contributed by atoms with Gasteiger partial charge in [0.05, 0.1) is 20.3 Å². The predicted molar refractivity (Wildman–Crippen MR) is 111 cm³/mol. The van der Waals surface area contributed by atoms with E-state index in [-0.39, 0.29) is 6.04 Å². The van der Waals surface area contributed by atoms with Crippen LogP contribution < -0.4 is 14.8 Å². The first-order valence-corrected chi connectivity index (χ1v) is 10.7. The summed E-state index contributed by atoms with van der Waals surface area (Å²) >= 11 is 1.64. The molecule has 4 nitrogen and oxygen atoms in total. The molecule has 0 aromatic heterocycles. The summed E-state index contributed by atoms with van der Waals surface area (Å²) in [7, 11) is 3.37. The van der Waals surface area contributed by atoms with Gasteiger partial charge in [-0.05, 0) is 67.3 Å². The quantitative estimate of drug-likeness (QED) is 0.665. The molecule has 5 heteroatoms. The Hall–Kier alpha value is -1.69. The number of nitrogens with one attached hydrogen (secondary N) is 1. The van der Waals surface area contributed by atoms with Crippen LogP contribution in [-0.2, 0) is 6.42 Å². The minimum atomic E-state index is -0.493. The predicted octanol–water partition coefficient (Wildman–Crippen LogP) is 4.21. The van der Waals surface area contributed by atoms with E-state index < -0.39 is 6.10 Å². The van der Waals surface area contributed by atoms with E-state index in [4.69, 9.17) is 9.47 Å². The molecular formula is C22H29NO3S. The number of ether oxygens (including phenoxy) is 2. The van der Waals surface area contributed by atoms with Crippen LogP contribution in [-0.4, -0.2) is 37.7 Å². The summed E-state index contributed by atoms with van der Waals surface area (Å²) in [6, 6.07) is 14.8. The van der Waals surface area contributed by atoms with Crippen LogP contribution in [0.3, 0.4) is 0 Å². The first kappa shape index (κ1) is 20.1. The van der Waals surface area contributed by atoms with Gasteiger partial charge in [-0.2, -0.15) is 0 Å². The lowest BCUT2D eigenvalue weighted by molar-refractivity contribution is 0.134. The molecule has 27 heavy (non-hydrogen) atoms. The Kier molecular flexibility index (Phi) is 7.05. The van der Waals surface area contributed by atoms with E-state index in [1.807, 2.05) is 36.6 Å². The van der Waals surface area contributed by atoms with Crippen LogP contribution in [0, 0.1) is 0 Å². The van der Waals surface area contributed by atoms with Crippen LogP contribution in [0.5, 0.6) is 11.5 Å². The fourth-order valence-corrected chi connectivity index (χ4v) is 4.34. The summed E-state index contributed by atoms with van der Waals surface area (Å²) < 4.78 is 10.6. The fraction of sp³-hybridized carbons (Fsp3) is 0.455. The Balaban J connectivity index is 1.55. The van der Waals surface area contributed by atoms with Crippen molar-refractivity contribution in [2.45, 2.75) is 48.8 Å². The van der Waals surface area contributed by atoms with Gasteiger partial charge in [-0.25, -0.2) is 0 Å². The van der Waals surface area contributed by atoms with E-state index in [0.29, 0.717) is 6.04 Å². The second-order valence-electron chi connectivity index (χ2n) is 6.99. The molecule has 1 aliphatic rings. The first-order chi connectivity index (χ1) is 13.1. The van der Waals surface area contributed by atoms with E-state index >= 15 is 0 Å². The van der Waals surface area contributed by atoms with Gasteiger partial charge in [-0.15, -0.1) is 11.8 Å². The molecule has 2 aromatic carbocycles. The van der Waals surface area contributed by atoms with Crippen LogP contribution >= 0.6 is 11.8 Å². The molecule has 2 aromatic rings. The number of thioether (sulfide) groups is 1. The van der Waals surface area contributed by atoms with Gasteiger partial charge in [0.2, 0.25) is 0 Å². The third-order valence-electron chi connectivity index (χ3n) is 5.35. The van der Waals surface area contributed by atoms with Crippen LogP contribution in [0.25, 0.3) is 0 Å². The molecule has 1 aliphatic heterocycles. The van der Waals surface area contributed by atoms with Crippen molar-refractivity contribution in [3.8, 4) is 11.5 Å². The Morgan fingerprint density at radius 3 is 2.56 bits per heavy atom. The lowest BCUT2D eigenvalue weighted by Gasteiger charge is -2.21. The SMILES string of the molecule is COc1ccc(CCC2CCC(C(O)c3ccc(OC)c(SC)c3)N2)cc1. The minimum absolute atomic E-state index is 0.106. The van der Waals surface area contributed by atoms with Gasteiger partial charge in [0, 0.05) is 17.0 Å². The Morgan fingerprint density at radius 1 is 1.11 bits per heavy atom. The second-order valence-corrected chi connectivity index (χ2v) is 7.84. The highest BCUT2D eigenvalue weighted by Crippen LogP contribution is 2.33. The zero-order chi connectivity index (χ0) is 19.2. The minimum Gasteiger partial charge on any atom is -0.497 e. The Bertz CT molecular complexity index is 735. The topological polar surface area (TPSA) is 50.7 Å². The molecule has 146 valence electrons. The van der Waals surface area contributed by atoms with Gasteiger partial charge >= 0.3 is 0 Å². The first-order valence-electron chi connectivity index (χ1n) is 9.43. The molecule has 0 spiro atoms. The maximum atomic E-state index is 10.8. The molecule has 3 rings (SSSR count). The third-order valence-corrected chi connectivity index (χ3v) is 6.11. The number of aryl methyl sites for hydroxylation is 1. The molecule has 3 unspecified atom stereocenters. The molecule has 0 radical (unpaired) electrons. The van der Waals surface area contributed by atoms with E-state index in [1.165, 1.54) is 5.56 Å². The highest BCUT2D eigenvalue weighted by molar-refractivity contribution is 7.98. The zero-order valence-electron chi connectivity index (χ0n) is 16.3. The normalized spacial score (nSPS) is 20.4. The smallest absolute Gasteiger partial charge is 0.132 e. The monoisotopic (exact) mass is 387 g/mol. The van der Waals surface area contributed by atoms with E-state index in [1.54, 1.807) is 26.0 Å². The van der Waals surface area contributed by atoms with E-state index in [2.05, 4.69) is 17.4 Å². The largest absolute Gasteiger partial charge is 0.497 e. The lowest BCUT2D eigenvalue weighted by Crippen LogP contribution is -2.34. The average Bonchev–Trinajstić information content (AvgIpc) is 3.20. The second kappa shape index (κ2) is 9.49. The van der Waals surface area contributed by atoms with Gasteiger partial charge in [0.1, 0.15) is 11.5 Å². The van der Waals surface area contributed by atoms with Gasteiger partial charge in [-0.1, -0.05) is 18.2 Å². The number of aliphatic hydroxyl groups is 1. The maximum Gasteiger partial charge on any atom is 0.132 e. The van der Waals surface area contributed by atoms with Crippen LogP contribution in [0.1, 0.15) is 36.5 Å². The molecule has 3 atom stereocenters. The summed E-state index contributed by atoms with van der Waals surface area (Å²) in [5, 5.41) is 14.5. The third kappa shape index (κ3) is 4.98. The number of benzene rings is 2. The summed E-state index contributed by atoms with van der Waals surface area (Å²) in [4.78, 5) is 1.06. The molecule has 0 aliphatic carbocycles. The van der Waals surface area contributed by atoms with Crippen molar-refractivity contribution in [1.82, 2.24) is 5.32 Å². The van der Waals surface area contributed by atoms with Gasteiger partial charge in [-0.3, -0.25) is 0 Å². The van der Waals surface area contributed by atoms with Crippen molar-refractivity contribution in [2.75, 3.05) is 20.5 Å². The maximum absolute atomic E-state index is 10.8. The van der Waals surface area contributed by atoms with Crippen LogP contribution in [0.15, 0.2) is 47.4 Å². The van der Waals surface area contributed by atoms with Crippen molar-refractivity contribution in [2.24, 2.45) is 0 Å². The lowest BCUT2D eigenvalue weighted by atomic mass is 10.0. The molecule has 0 saturated carbocycles. The fourth-order valence-electron chi connectivity index (χ4n) is 3.73. The molecular weight excluding hydrogens is 358 g/mol. The van der Waals surface area contributed by atoms with Crippen LogP contribution in [0.2, 0.25) is 0 Å². The van der Waals surface area contributed by atoms with Gasteiger partial charge < -0.3 is 19.9 Å². The number of hydrogen-bond donors (Lipinski definition) is 2. The van der Waals surface area contributed by atoms with Crippen molar-refractivity contribution >= 4 is 11.8 Å². The summed E-state index contributed by atoms with van der Waals surface area (Å²) in [5.41, 5.74) is 2.27. The average molecular weight is 388 g/mol. The highest BCUT2D eigenvalue weighted by atomic mass is 32.2. The molecule has 0 amide bonds. The van der Waals surface area contributed by atoms with E-state index in [0.717, 1.165) is 47.6 Å². The summed E-state index contributed by atoms with van der Waals surface area (Å²) in [6.07, 6.45) is 5.74. The number of methoxy groups -OCH3 is 2. The van der Waals surface area contributed by atoms with E-state index in [9.17, 15) is 5.11 Å². The number of rotatable bonds is 8. The molecule has 1 fully saturated rings. The molecule has 1 heterocycles. The molecule has 2 N–H and O–H groups in total.